The second-order valence-corrected chi connectivity index (χ2v) is 3.63. The van der Waals surface area contributed by atoms with Crippen LogP contribution >= 0.6 is 0 Å². The van der Waals surface area contributed by atoms with Crippen molar-refractivity contribution in [1.29, 1.82) is 0 Å². The van der Waals surface area contributed by atoms with Crippen molar-refractivity contribution < 1.29 is 5.11 Å². The summed E-state index contributed by atoms with van der Waals surface area (Å²) in [6.07, 6.45) is -0.429. The molecule has 2 aromatic carbocycles. The van der Waals surface area contributed by atoms with Gasteiger partial charge < -0.3 is 5.11 Å². The Labute approximate surface area is 90.0 Å². The normalized spacial score (nSPS) is 12.4. The fourth-order valence-corrected chi connectivity index (χ4v) is 1.74. The molecule has 0 aliphatic carbocycles. The maximum Gasteiger partial charge on any atom is 0.0767 e. The fourth-order valence-electron chi connectivity index (χ4n) is 1.74. The highest BCUT2D eigenvalue weighted by molar-refractivity contribution is 5.67. The van der Waals surface area contributed by atoms with Gasteiger partial charge in [-0.1, -0.05) is 54.6 Å². The molecule has 0 bridgehead atoms. The first-order chi connectivity index (χ1) is 7.29. The highest BCUT2D eigenvalue weighted by Gasteiger charge is 2.07. The molecule has 2 rings (SSSR count). The summed E-state index contributed by atoms with van der Waals surface area (Å²) < 4.78 is 0. The van der Waals surface area contributed by atoms with E-state index in [0.717, 1.165) is 16.7 Å². The van der Waals surface area contributed by atoms with Gasteiger partial charge in [0.15, 0.2) is 0 Å². The lowest BCUT2D eigenvalue weighted by Crippen LogP contribution is -1.94. The van der Waals surface area contributed by atoms with Gasteiger partial charge in [0.25, 0.3) is 0 Å². The minimum atomic E-state index is -0.429. The molecule has 2 aromatic rings. The summed E-state index contributed by atoms with van der Waals surface area (Å²) in [6.45, 7) is 1.79. The summed E-state index contributed by atoms with van der Waals surface area (Å²) in [4.78, 5) is 0. The lowest BCUT2D eigenvalue weighted by Gasteiger charge is -2.11. The molecule has 0 spiro atoms. The third-order valence-electron chi connectivity index (χ3n) is 2.50. The Bertz CT molecular complexity index is 432. The largest absolute Gasteiger partial charge is 0.389 e. The second-order valence-electron chi connectivity index (χ2n) is 3.63. The van der Waals surface area contributed by atoms with Crippen molar-refractivity contribution in [1.82, 2.24) is 0 Å². The zero-order valence-corrected chi connectivity index (χ0v) is 8.72. The van der Waals surface area contributed by atoms with E-state index in [9.17, 15) is 5.11 Å². The van der Waals surface area contributed by atoms with Crippen molar-refractivity contribution in [3.8, 4) is 11.1 Å². The minimum Gasteiger partial charge on any atom is -0.389 e. The average Bonchev–Trinajstić information content (AvgIpc) is 2.30. The van der Waals surface area contributed by atoms with Crippen LogP contribution in [0.3, 0.4) is 0 Å². The molecule has 0 fully saturated rings. The lowest BCUT2D eigenvalue weighted by atomic mass is 9.97. The van der Waals surface area contributed by atoms with E-state index in [0.29, 0.717) is 0 Å². The summed E-state index contributed by atoms with van der Waals surface area (Å²) in [7, 11) is 0. The Morgan fingerprint density at radius 2 is 1.47 bits per heavy atom. The lowest BCUT2D eigenvalue weighted by molar-refractivity contribution is 0.200. The fraction of sp³-hybridized carbons (Fsp3) is 0.143. The molecule has 0 aliphatic heterocycles. The third kappa shape index (κ3) is 2.08. The molecule has 0 aliphatic rings. The van der Waals surface area contributed by atoms with Crippen LogP contribution in [0.2, 0.25) is 0 Å². The van der Waals surface area contributed by atoms with Gasteiger partial charge in [-0.25, -0.2) is 0 Å². The maximum atomic E-state index is 9.67. The van der Waals surface area contributed by atoms with Gasteiger partial charge in [-0.05, 0) is 23.6 Å². The first kappa shape index (κ1) is 9.94. The number of benzene rings is 2. The quantitative estimate of drug-likeness (QED) is 0.784. The monoisotopic (exact) mass is 198 g/mol. The summed E-state index contributed by atoms with van der Waals surface area (Å²) in [5, 5.41) is 9.67. The zero-order chi connectivity index (χ0) is 10.7. The second kappa shape index (κ2) is 4.28. The summed E-state index contributed by atoms with van der Waals surface area (Å²) in [5.41, 5.74) is 3.23. The van der Waals surface area contributed by atoms with Crippen LogP contribution in [0.15, 0.2) is 54.6 Å². The molecule has 1 nitrogen and oxygen atoms in total. The molecule has 0 radical (unpaired) electrons. The predicted molar refractivity (Wildman–Crippen MR) is 62.5 cm³/mol. The van der Waals surface area contributed by atoms with Crippen LogP contribution < -0.4 is 0 Å². The van der Waals surface area contributed by atoms with E-state index in [4.69, 9.17) is 0 Å². The van der Waals surface area contributed by atoms with Crippen molar-refractivity contribution in [3.05, 3.63) is 60.2 Å². The van der Waals surface area contributed by atoms with Crippen LogP contribution in [0.4, 0.5) is 0 Å². The van der Waals surface area contributed by atoms with Gasteiger partial charge in [0, 0.05) is 0 Å². The van der Waals surface area contributed by atoms with E-state index < -0.39 is 6.10 Å². The van der Waals surface area contributed by atoms with Crippen LogP contribution in [0, 0.1) is 0 Å². The van der Waals surface area contributed by atoms with Gasteiger partial charge in [0.2, 0.25) is 0 Å². The molecule has 0 aromatic heterocycles. The Morgan fingerprint density at radius 1 is 0.867 bits per heavy atom. The minimum absolute atomic E-state index is 0.429. The summed E-state index contributed by atoms with van der Waals surface area (Å²) in [5.74, 6) is 0. The molecule has 1 heteroatoms. The van der Waals surface area contributed by atoms with E-state index in [1.807, 2.05) is 42.5 Å². The Morgan fingerprint density at radius 3 is 2.13 bits per heavy atom. The van der Waals surface area contributed by atoms with Crippen molar-refractivity contribution >= 4 is 0 Å². The Kier molecular flexibility index (Phi) is 2.84. The van der Waals surface area contributed by atoms with Crippen LogP contribution in [0.5, 0.6) is 0 Å². The van der Waals surface area contributed by atoms with Gasteiger partial charge in [0.05, 0.1) is 6.10 Å². The molecule has 0 saturated heterocycles. The van der Waals surface area contributed by atoms with Crippen LogP contribution in [-0.4, -0.2) is 5.11 Å². The number of hydrogen-bond acceptors (Lipinski definition) is 1. The zero-order valence-electron chi connectivity index (χ0n) is 8.72. The summed E-state index contributed by atoms with van der Waals surface area (Å²) in [6, 6.07) is 18.1. The van der Waals surface area contributed by atoms with Crippen LogP contribution in [0.25, 0.3) is 11.1 Å². The molecule has 0 amide bonds. The van der Waals surface area contributed by atoms with Crippen LogP contribution in [-0.2, 0) is 0 Å². The topological polar surface area (TPSA) is 20.2 Å². The van der Waals surface area contributed by atoms with E-state index in [-0.39, 0.29) is 0 Å². The van der Waals surface area contributed by atoms with Crippen LogP contribution in [0.1, 0.15) is 18.6 Å². The van der Waals surface area contributed by atoms with Crippen molar-refractivity contribution in [2.45, 2.75) is 13.0 Å². The molecule has 76 valence electrons. The van der Waals surface area contributed by atoms with Gasteiger partial charge in [0.1, 0.15) is 0 Å². The average molecular weight is 198 g/mol. The molecule has 1 atom stereocenters. The van der Waals surface area contributed by atoms with E-state index in [1.54, 1.807) is 6.92 Å². The van der Waals surface area contributed by atoms with E-state index in [2.05, 4.69) is 12.1 Å². The number of rotatable bonds is 2. The predicted octanol–water partition coefficient (Wildman–Crippen LogP) is 3.41. The van der Waals surface area contributed by atoms with E-state index >= 15 is 0 Å². The van der Waals surface area contributed by atoms with Crippen molar-refractivity contribution in [3.63, 3.8) is 0 Å². The Hall–Kier alpha value is -1.60. The van der Waals surface area contributed by atoms with E-state index in [1.165, 1.54) is 0 Å². The molecule has 0 saturated carbocycles. The maximum absolute atomic E-state index is 9.67. The van der Waals surface area contributed by atoms with Gasteiger partial charge >= 0.3 is 0 Å². The molecular formula is C14H14O. The molecule has 1 N–H and O–H groups in total. The molecule has 0 heterocycles. The first-order valence-electron chi connectivity index (χ1n) is 5.11. The SMILES string of the molecule is C[C@H](O)c1ccccc1-c1ccccc1. The summed E-state index contributed by atoms with van der Waals surface area (Å²) >= 11 is 0. The number of aliphatic hydroxyl groups excluding tert-OH is 1. The number of hydrogen-bond donors (Lipinski definition) is 1. The molecular weight excluding hydrogens is 184 g/mol. The smallest absolute Gasteiger partial charge is 0.0767 e. The molecule has 15 heavy (non-hydrogen) atoms. The van der Waals surface area contributed by atoms with Gasteiger partial charge in [-0.3, -0.25) is 0 Å². The third-order valence-corrected chi connectivity index (χ3v) is 2.50. The van der Waals surface area contributed by atoms with Crippen molar-refractivity contribution in [2.75, 3.05) is 0 Å². The number of aliphatic hydroxyl groups is 1. The van der Waals surface area contributed by atoms with Gasteiger partial charge in [-0.2, -0.15) is 0 Å². The standard InChI is InChI=1S/C14H14O/c1-11(15)13-9-5-6-10-14(13)12-7-3-2-4-8-12/h2-11,15H,1H3/t11-/m0/s1. The van der Waals surface area contributed by atoms with Gasteiger partial charge in [-0.15, -0.1) is 0 Å². The molecule has 0 unspecified atom stereocenters. The highest BCUT2D eigenvalue weighted by Crippen LogP contribution is 2.27. The van der Waals surface area contributed by atoms with Crippen molar-refractivity contribution in [2.24, 2.45) is 0 Å². The Balaban J connectivity index is 2.53. The first-order valence-corrected chi connectivity index (χ1v) is 5.11. The highest BCUT2D eigenvalue weighted by atomic mass is 16.3.